The van der Waals surface area contributed by atoms with E-state index in [4.69, 9.17) is 4.74 Å². The third-order valence-corrected chi connectivity index (χ3v) is 3.04. The van der Waals surface area contributed by atoms with Crippen molar-refractivity contribution in [1.29, 1.82) is 0 Å². The van der Waals surface area contributed by atoms with Gasteiger partial charge < -0.3 is 15.4 Å². The Morgan fingerprint density at radius 1 is 1.44 bits per heavy atom. The van der Waals surface area contributed by atoms with Crippen molar-refractivity contribution in [2.24, 2.45) is 0 Å². The summed E-state index contributed by atoms with van der Waals surface area (Å²) < 4.78 is 5.48. The Kier molecular flexibility index (Phi) is 5.20. The maximum absolute atomic E-state index is 5.48. The Balaban J connectivity index is 1.80. The zero-order valence-corrected chi connectivity index (χ0v) is 11.0. The summed E-state index contributed by atoms with van der Waals surface area (Å²) in [5.74, 6) is 1.48. The molecule has 0 spiro atoms. The fraction of sp³-hybridized carbons (Fsp3) is 0.692. The van der Waals surface area contributed by atoms with Crippen LogP contribution in [0.2, 0.25) is 0 Å². The van der Waals surface area contributed by atoms with Crippen molar-refractivity contribution in [3.8, 4) is 5.88 Å². The number of hydrogen-bond acceptors (Lipinski definition) is 5. The third kappa shape index (κ3) is 4.14. The molecule has 2 heterocycles. The second-order valence-corrected chi connectivity index (χ2v) is 4.62. The van der Waals surface area contributed by atoms with Gasteiger partial charge in [-0.1, -0.05) is 13.3 Å². The van der Waals surface area contributed by atoms with E-state index in [9.17, 15) is 0 Å². The molecule has 2 N–H and O–H groups in total. The molecule has 0 aliphatic carbocycles. The third-order valence-electron chi connectivity index (χ3n) is 3.04. The second kappa shape index (κ2) is 7.16. The number of nitrogens with one attached hydrogen (secondary N) is 2. The highest BCUT2D eigenvalue weighted by atomic mass is 16.5. The van der Waals surface area contributed by atoms with Gasteiger partial charge in [0.05, 0.1) is 6.61 Å². The van der Waals surface area contributed by atoms with Crippen LogP contribution in [0.5, 0.6) is 5.88 Å². The number of rotatable bonds is 6. The number of ether oxygens (including phenoxy) is 1. The summed E-state index contributed by atoms with van der Waals surface area (Å²) in [5, 5.41) is 6.84. The monoisotopic (exact) mass is 250 g/mol. The Bertz CT molecular complexity index is 353. The Hall–Kier alpha value is -1.36. The minimum absolute atomic E-state index is 0.550. The summed E-state index contributed by atoms with van der Waals surface area (Å²) in [4.78, 5) is 8.28. The quantitative estimate of drug-likeness (QED) is 0.806. The summed E-state index contributed by atoms with van der Waals surface area (Å²) in [6.07, 6.45) is 6.37. The van der Waals surface area contributed by atoms with Gasteiger partial charge in [0.15, 0.2) is 0 Å². The first-order valence-electron chi connectivity index (χ1n) is 6.80. The minimum atomic E-state index is 0.550. The molecule has 1 atom stereocenters. The highest BCUT2D eigenvalue weighted by molar-refractivity contribution is 5.37. The molecule has 1 aromatic rings. The Labute approximate surface area is 108 Å². The Morgan fingerprint density at radius 2 is 2.39 bits per heavy atom. The number of anilines is 1. The summed E-state index contributed by atoms with van der Waals surface area (Å²) in [6, 6.07) is 2.41. The fourth-order valence-electron chi connectivity index (χ4n) is 2.05. The summed E-state index contributed by atoms with van der Waals surface area (Å²) in [5.41, 5.74) is 0. The van der Waals surface area contributed by atoms with Crippen molar-refractivity contribution in [3.63, 3.8) is 0 Å². The zero-order valence-electron chi connectivity index (χ0n) is 11.0. The van der Waals surface area contributed by atoms with Crippen LogP contribution in [0.3, 0.4) is 0 Å². The molecule has 0 bridgehead atoms. The van der Waals surface area contributed by atoms with Crippen LogP contribution in [-0.2, 0) is 0 Å². The molecule has 0 saturated carbocycles. The van der Waals surface area contributed by atoms with Crippen LogP contribution in [0.15, 0.2) is 12.4 Å². The SMILES string of the molecule is CCCOc1cc(NCC2CCCCN2)ncn1. The number of nitrogens with zero attached hydrogens (tertiary/aromatic N) is 2. The first kappa shape index (κ1) is 13.1. The zero-order chi connectivity index (χ0) is 12.6. The van der Waals surface area contributed by atoms with Crippen molar-refractivity contribution in [2.45, 2.75) is 38.6 Å². The number of piperidine rings is 1. The molecule has 1 fully saturated rings. The van der Waals surface area contributed by atoms with Gasteiger partial charge in [0.25, 0.3) is 0 Å². The topological polar surface area (TPSA) is 59.1 Å². The molecule has 1 aromatic heterocycles. The van der Waals surface area contributed by atoms with Crippen LogP contribution < -0.4 is 15.4 Å². The minimum Gasteiger partial charge on any atom is -0.478 e. The van der Waals surface area contributed by atoms with E-state index in [0.29, 0.717) is 18.5 Å². The number of hydrogen-bond donors (Lipinski definition) is 2. The van der Waals surface area contributed by atoms with E-state index in [2.05, 4.69) is 27.5 Å². The predicted molar refractivity (Wildman–Crippen MR) is 71.9 cm³/mol. The molecule has 5 heteroatoms. The normalized spacial score (nSPS) is 19.5. The first-order chi connectivity index (χ1) is 8.88. The molecule has 1 aliphatic rings. The molecule has 100 valence electrons. The highest BCUT2D eigenvalue weighted by Crippen LogP contribution is 2.12. The van der Waals surface area contributed by atoms with Gasteiger partial charge in [0.1, 0.15) is 12.1 Å². The first-order valence-corrected chi connectivity index (χ1v) is 6.80. The van der Waals surface area contributed by atoms with E-state index < -0.39 is 0 Å². The fourth-order valence-corrected chi connectivity index (χ4v) is 2.05. The van der Waals surface area contributed by atoms with Crippen LogP contribution in [0.1, 0.15) is 32.6 Å². The van der Waals surface area contributed by atoms with Crippen molar-refractivity contribution in [3.05, 3.63) is 12.4 Å². The Morgan fingerprint density at radius 3 is 3.17 bits per heavy atom. The van der Waals surface area contributed by atoms with E-state index in [1.54, 1.807) is 6.33 Å². The van der Waals surface area contributed by atoms with Crippen molar-refractivity contribution < 1.29 is 4.74 Å². The smallest absolute Gasteiger partial charge is 0.218 e. The molecule has 1 saturated heterocycles. The lowest BCUT2D eigenvalue weighted by Gasteiger charge is -2.23. The molecule has 5 nitrogen and oxygen atoms in total. The molecule has 0 aromatic carbocycles. The van der Waals surface area contributed by atoms with Crippen LogP contribution in [0, 0.1) is 0 Å². The maximum atomic E-state index is 5.48. The van der Waals surface area contributed by atoms with Gasteiger partial charge in [0.2, 0.25) is 5.88 Å². The molecular formula is C13H22N4O. The summed E-state index contributed by atoms with van der Waals surface area (Å²) in [6.45, 7) is 4.81. The average Bonchev–Trinajstić information content (AvgIpc) is 2.44. The molecular weight excluding hydrogens is 228 g/mol. The van der Waals surface area contributed by atoms with E-state index in [-0.39, 0.29) is 0 Å². The lowest BCUT2D eigenvalue weighted by Crippen LogP contribution is -2.39. The molecule has 18 heavy (non-hydrogen) atoms. The predicted octanol–water partition coefficient (Wildman–Crippen LogP) is 1.82. The van der Waals surface area contributed by atoms with Crippen LogP contribution in [0.4, 0.5) is 5.82 Å². The van der Waals surface area contributed by atoms with Gasteiger partial charge in [-0.25, -0.2) is 9.97 Å². The lowest BCUT2D eigenvalue weighted by molar-refractivity contribution is 0.305. The van der Waals surface area contributed by atoms with Crippen LogP contribution in [0.25, 0.3) is 0 Å². The largest absolute Gasteiger partial charge is 0.478 e. The second-order valence-electron chi connectivity index (χ2n) is 4.62. The standard InChI is InChI=1S/C13H22N4O/c1-2-7-18-13-8-12(16-10-17-13)15-9-11-5-3-4-6-14-11/h8,10-11,14H,2-7,9H2,1H3,(H,15,16,17). The summed E-state index contributed by atoms with van der Waals surface area (Å²) in [7, 11) is 0. The molecule has 0 amide bonds. The highest BCUT2D eigenvalue weighted by Gasteiger charge is 2.12. The number of aromatic nitrogens is 2. The maximum Gasteiger partial charge on any atom is 0.218 e. The van der Waals surface area contributed by atoms with Gasteiger partial charge in [-0.15, -0.1) is 0 Å². The van der Waals surface area contributed by atoms with Crippen molar-refractivity contribution in [2.75, 3.05) is 25.0 Å². The van der Waals surface area contributed by atoms with Gasteiger partial charge in [0, 0.05) is 18.7 Å². The van der Waals surface area contributed by atoms with Crippen LogP contribution >= 0.6 is 0 Å². The molecule has 2 rings (SSSR count). The molecule has 1 unspecified atom stereocenters. The van der Waals surface area contributed by atoms with E-state index in [1.165, 1.54) is 19.3 Å². The van der Waals surface area contributed by atoms with Crippen LogP contribution in [-0.4, -0.2) is 35.7 Å². The molecule has 0 radical (unpaired) electrons. The average molecular weight is 250 g/mol. The van der Waals surface area contributed by atoms with Gasteiger partial charge >= 0.3 is 0 Å². The van der Waals surface area contributed by atoms with Gasteiger partial charge in [-0.3, -0.25) is 0 Å². The summed E-state index contributed by atoms with van der Waals surface area (Å²) >= 11 is 0. The van der Waals surface area contributed by atoms with E-state index in [0.717, 1.165) is 25.3 Å². The van der Waals surface area contributed by atoms with E-state index >= 15 is 0 Å². The van der Waals surface area contributed by atoms with E-state index in [1.807, 2.05) is 6.07 Å². The van der Waals surface area contributed by atoms with Crippen molar-refractivity contribution in [1.82, 2.24) is 15.3 Å². The van der Waals surface area contributed by atoms with Gasteiger partial charge in [-0.2, -0.15) is 0 Å². The molecule has 1 aliphatic heterocycles. The van der Waals surface area contributed by atoms with Crippen molar-refractivity contribution >= 4 is 5.82 Å². The lowest BCUT2D eigenvalue weighted by atomic mass is 10.1. The van der Waals surface area contributed by atoms with Gasteiger partial charge in [-0.05, 0) is 25.8 Å².